The van der Waals surface area contributed by atoms with Gasteiger partial charge in [-0.1, -0.05) is 0 Å². The van der Waals surface area contributed by atoms with Crippen LogP contribution in [-0.4, -0.2) is 14.2 Å². The number of methoxy groups -OCH3 is 1. The summed E-state index contributed by atoms with van der Waals surface area (Å²) in [6.45, 7) is 7.30. The van der Waals surface area contributed by atoms with Crippen LogP contribution >= 0.6 is 0 Å². The molecule has 14 heavy (non-hydrogen) atoms. The van der Waals surface area contributed by atoms with Crippen molar-refractivity contribution >= 4 is 0 Å². The standard InChI is InChI=1S/C12H19NO/c1-8-6-12(14-5)10(3)9(2)11(8)7-13-4/h6,13H,7H2,1-5H3. The van der Waals surface area contributed by atoms with Crippen LogP contribution in [0.3, 0.4) is 0 Å². The minimum absolute atomic E-state index is 0.919. The Morgan fingerprint density at radius 2 is 1.86 bits per heavy atom. The largest absolute Gasteiger partial charge is 0.496 e. The third-order valence-corrected chi connectivity index (χ3v) is 2.78. The summed E-state index contributed by atoms with van der Waals surface area (Å²) in [5.74, 6) is 0.986. The minimum Gasteiger partial charge on any atom is -0.496 e. The van der Waals surface area contributed by atoms with Crippen molar-refractivity contribution in [1.82, 2.24) is 5.32 Å². The van der Waals surface area contributed by atoms with E-state index < -0.39 is 0 Å². The van der Waals surface area contributed by atoms with Crippen LogP contribution in [0.4, 0.5) is 0 Å². The van der Waals surface area contributed by atoms with E-state index in [-0.39, 0.29) is 0 Å². The normalized spacial score (nSPS) is 10.4. The molecule has 0 atom stereocenters. The molecular weight excluding hydrogens is 174 g/mol. The molecule has 0 aliphatic rings. The van der Waals surface area contributed by atoms with E-state index in [2.05, 4.69) is 32.2 Å². The Balaban J connectivity index is 3.26. The summed E-state index contributed by atoms with van der Waals surface area (Å²) in [5.41, 5.74) is 5.24. The molecule has 0 aliphatic carbocycles. The van der Waals surface area contributed by atoms with Gasteiger partial charge in [-0.3, -0.25) is 0 Å². The van der Waals surface area contributed by atoms with Crippen molar-refractivity contribution in [2.24, 2.45) is 0 Å². The quantitative estimate of drug-likeness (QED) is 0.795. The fraction of sp³-hybridized carbons (Fsp3) is 0.500. The first kappa shape index (κ1) is 11.1. The first-order chi connectivity index (χ1) is 6.61. The van der Waals surface area contributed by atoms with Crippen molar-refractivity contribution in [2.45, 2.75) is 27.3 Å². The Bertz CT molecular complexity index is 332. The van der Waals surface area contributed by atoms with E-state index >= 15 is 0 Å². The molecule has 0 radical (unpaired) electrons. The molecule has 1 N–H and O–H groups in total. The van der Waals surface area contributed by atoms with E-state index in [0.717, 1.165) is 12.3 Å². The second-order valence-electron chi connectivity index (χ2n) is 3.65. The average molecular weight is 193 g/mol. The molecule has 0 heterocycles. The highest BCUT2D eigenvalue weighted by Crippen LogP contribution is 2.27. The molecule has 1 aromatic carbocycles. The summed E-state index contributed by atoms with van der Waals surface area (Å²) < 4.78 is 5.32. The molecule has 78 valence electrons. The van der Waals surface area contributed by atoms with Crippen molar-refractivity contribution in [3.05, 3.63) is 28.3 Å². The summed E-state index contributed by atoms with van der Waals surface area (Å²) in [4.78, 5) is 0. The van der Waals surface area contributed by atoms with Gasteiger partial charge >= 0.3 is 0 Å². The van der Waals surface area contributed by atoms with Crippen LogP contribution < -0.4 is 10.1 Å². The van der Waals surface area contributed by atoms with Crippen LogP contribution in [0.15, 0.2) is 6.07 Å². The third kappa shape index (κ3) is 1.90. The Morgan fingerprint density at radius 3 is 2.36 bits per heavy atom. The molecule has 2 heteroatoms. The lowest BCUT2D eigenvalue weighted by atomic mass is 9.97. The first-order valence-corrected chi connectivity index (χ1v) is 4.90. The van der Waals surface area contributed by atoms with Gasteiger partial charge in [-0.25, -0.2) is 0 Å². The van der Waals surface area contributed by atoms with Gasteiger partial charge in [-0.2, -0.15) is 0 Å². The molecule has 1 rings (SSSR count). The van der Waals surface area contributed by atoms with E-state index in [1.54, 1.807) is 7.11 Å². The van der Waals surface area contributed by atoms with Gasteiger partial charge in [0.25, 0.3) is 0 Å². The lowest BCUT2D eigenvalue weighted by Crippen LogP contribution is -2.09. The molecule has 0 amide bonds. The lowest BCUT2D eigenvalue weighted by molar-refractivity contribution is 0.410. The number of ether oxygens (including phenoxy) is 1. The Hall–Kier alpha value is -1.02. The predicted octanol–water partition coefficient (Wildman–Crippen LogP) is 2.34. The zero-order chi connectivity index (χ0) is 10.7. The van der Waals surface area contributed by atoms with Crippen molar-refractivity contribution < 1.29 is 4.74 Å². The fourth-order valence-corrected chi connectivity index (χ4v) is 1.76. The highest BCUT2D eigenvalue weighted by molar-refractivity contribution is 5.47. The summed E-state index contributed by atoms with van der Waals surface area (Å²) in [6.07, 6.45) is 0. The van der Waals surface area contributed by atoms with Crippen LogP contribution in [0, 0.1) is 20.8 Å². The number of hydrogen-bond acceptors (Lipinski definition) is 2. The van der Waals surface area contributed by atoms with Gasteiger partial charge in [-0.15, -0.1) is 0 Å². The van der Waals surface area contributed by atoms with E-state index in [1.807, 2.05) is 7.05 Å². The highest BCUT2D eigenvalue weighted by atomic mass is 16.5. The molecule has 0 unspecified atom stereocenters. The number of aryl methyl sites for hydroxylation is 1. The summed E-state index contributed by atoms with van der Waals surface area (Å²) in [5, 5.41) is 3.19. The molecule has 1 aromatic rings. The van der Waals surface area contributed by atoms with Gasteiger partial charge in [0, 0.05) is 6.54 Å². The maximum atomic E-state index is 5.32. The van der Waals surface area contributed by atoms with Crippen molar-refractivity contribution in [3.63, 3.8) is 0 Å². The topological polar surface area (TPSA) is 21.3 Å². The average Bonchev–Trinajstić information content (AvgIpc) is 2.18. The van der Waals surface area contributed by atoms with Gasteiger partial charge in [0.15, 0.2) is 0 Å². The second-order valence-corrected chi connectivity index (χ2v) is 3.65. The van der Waals surface area contributed by atoms with Gasteiger partial charge in [0.1, 0.15) is 5.75 Å². The Labute approximate surface area is 86.3 Å². The van der Waals surface area contributed by atoms with Crippen LogP contribution in [0.1, 0.15) is 22.3 Å². The molecular formula is C12H19NO. The smallest absolute Gasteiger partial charge is 0.122 e. The monoisotopic (exact) mass is 193 g/mol. The van der Waals surface area contributed by atoms with Crippen LogP contribution in [-0.2, 0) is 6.54 Å². The number of nitrogens with one attached hydrogen (secondary N) is 1. The summed E-state index contributed by atoms with van der Waals surface area (Å²) >= 11 is 0. The Kier molecular flexibility index (Phi) is 3.53. The summed E-state index contributed by atoms with van der Waals surface area (Å²) in [7, 11) is 3.69. The lowest BCUT2D eigenvalue weighted by Gasteiger charge is -2.15. The van der Waals surface area contributed by atoms with Gasteiger partial charge in [-0.05, 0) is 56.1 Å². The van der Waals surface area contributed by atoms with Crippen molar-refractivity contribution in [2.75, 3.05) is 14.2 Å². The van der Waals surface area contributed by atoms with E-state index in [9.17, 15) is 0 Å². The maximum Gasteiger partial charge on any atom is 0.122 e. The molecule has 0 bridgehead atoms. The molecule has 0 aromatic heterocycles. The van der Waals surface area contributed by atoms with Crippen molar-refractivity contribution in [3.8, 4) is 5.75 Å². The minimum atomic E-state index is 0.919. The predicted molar refractivity (Wildman–Crippen MR) is 60.0 cm³/mol. The van der Waals surface area contributed by atoms with Crippen LogP contribution in [0.2, 0.25) is 0 Å². The van der Waals surface area contributed by atoms with Crippen LogP contribution in [0.25, 0.3) is 0 Å². The molecule has 2 nitrogen and oxygen atoms in total. The first-order valence-electron chi connectivity index (χ1n) is 4.90. The van der Waals surface area contributed by atoms with E-state index in [4.69, 9.17) is 4.74 Å². The van der Waals surface area contributed by atoms with Gasteiger partial charge < -0.3 is 10.1 Å². The second kappa shape index (κ2) is 4.47. The SMILES string of the molecule is CNCc1c(C)cc(OC)c(C)c1C. The number of hydrogen-bond donors (Lipinski definition) is 1. The number of rotatable bonds is 3. The molecule has 0 spiro atoms. The molecule has 0 fully saturated rings. The zero-order valence-electron chi connectivity index (χ0n) is 9.69. The highest BCUT2D eigenvalue weighted by Gasteiger charge is 2.09. The van der Waals surface area contributed by atoms with E-state index in [1.165, 1.54) is 22.3 Å². The molecule has 0 saturated carbocycles. The third-order valence-electron chi connectivity index (χ3n) is 2.78. The van der Waals surface area contributed by atoms with Crippen LogP contribution in [0.5, 0.6) is 5.75 Å². The zero-order valence-corrected chi connectivity index (χ0v) is 9.69. The molecule has 0 saturated heterocycles. The number of benzene rings is 1. The summed E-state index contributed by atoms with van der Waals surface area (Å²) in [6, 6.07) is 2.11. The maximum absolute atomic E-state index is 5.32. The Morgan fingerprint density at radius 1 is 1.21 bits per heavy atom. The van der Waals surface area contributed by atoms with E-state index in [0.29, 0.717) is 0 Å². The van der Waals surface area contributed by atoms with Gasteiger partial charge in [0.05, 0.1) is 7.11 Å². The fourth-order valence-electron chi connectivity index (χ4n) is 1.76. The van der Waals surface area contributed by atoms with Gasteiger partial charge in [0.2, 0.25) is 0 Å². The van der Waals surface area contributed by atoms with Crippen molar-refractivity contribution in [1.29, 1.82) is 0 Å². The molecule has 0 aliphatic heterocycles.